The van der Waals surface area contributed by atoms with Gasteiger partial charge in [0.25, 0.3) is 5.91 Å². The Balaban J connectivity index is 1.58. The largest absolute Gasteiger partial charge is 0.455 e. The number of carbonyl (C=O) groups is 3. The summed E-state index contributed by atoms with van der Waals surface area (Å²) in [5.41, 5.74) is 2.01. The number of amides is 2. The first-order valence-corrected chi connectivity index (χ1v) is 9.98. The summed E-state index contributed by atoms with van der Waals surface area (Å²) in [6, 6.07) is 9.34. The van der Waals surface area contributed by atoms with E-state index in [1.54, 1.807) is 13.0 Å². The second-order valence-corrected chi connectivity index (χ2v) is 7.35. The Bertz CT molecular complexity index is 835. The molecule has 29 heavy (non-hydrogen) atoms. The molecular weight excluding hydrogens is 396 g/mol. The third-order valence-corrected chi connectivity index (χ3v) is 4.56. The lowest BCUT2D eigenvalue weighted by atomic mass is 10.2. The maximum atomic E-state index is 11.8. The van der Waals surface area contributed by atoms with E-state index >= 15 is 0 Å². The number of thioether (sulfide) groups is 1. The summed E-state index contributed by atoms with van der Waals surface area (Å²) in [5.74, 6) is -0.344. The van der Waals surface area contributed by atoms with Crippen LogP contribution < -0.4 is 15.5 Å². The summed E-state index contributed by atoms with van der Waals surface area (Å²) in [4.78, 5) is 37.2. The maximum Gasteiger partial charge on any atom is 0.316 e. The van der Waals surface area contributed by atoms with E-state index < -0.39 is 5.97 Å². The van der Waals surface area contributed by atoms with Gasteiger partial charge in [0.1, 0.15) is 5.76 Å². The van der Waals surface area contributed by atoms with E-state index in [2.05, 4.69) is 15.8 Å². The molecule has 0 saturated carbocycles. The average molecular weight is 420 g/mol. The Morgan fingerprint density at radius 1 is 1.14 bits per heavy atom. The maximum absolute atomic E-state index is 11.8. The first-order valence-electron chi connectivity index (χ1n) is 8.83. The molecule has 1 heterocycles. The highest BCUT2D eigenvalue weighted by Gasteiger charge is 2.11. The summed E-state index contributed by atoms with van der Waals surface area (Å²) in [5, 5.41) is 8.88. The summed E-state index contributed by atoms with van der Waals surface area (Å²) in [7, 11) is 3.90. The second-order valence-electron chi connectivity index (χ2n) is 6.36. The molecule has 10 heteroatoms. The fourth-order valence-electron chi connectivity index (χ4n) is 2.18. The number of carbonyl (C=O) groups excluding carboxylic acids is 3. The van der Waals surface area contributed by atoms with Crippen LogP contribution in [-0.2, 0) is 25.7 Å². The molecule has 1 aromatic carbocycles. The summed E-state index contributed by atoms with van der Waals surface area (Å²) >= 11 is 1.08. The van der Waals surface area contributed by atoms with Crippen LogP contribution in [0.25, 0.3) is 0 Å². The highest BCUT2D eigenvalue weighted by molar-refractivity contribution is 8.00. The minimum absolute atomic E-state index is 0.0372. The lowest BCUT2D eigenvalue weighted by molar-refractivity contribution is -0.145. The van der Waals surface area contributed by atoms with E-state index in [-0.39, 0.29) is 29.9 Å². The number of anilines is 2. The Kier molecular flexibility index (Phi) is 8.53. The van der Waals surface area contributed by atoms with E-state index in [4.69, 9.17) is 9.26 Å². The van der Waals surface area contributed by atoms with Crippen molar-refractivity contribution in [2.24, 2.45) is 0 Å². The van der Waals surface area contributed by atoms with E-state index in [0.29, 0.717) is 18.1 Å². The molecule has 0 fully saturated rings. The third kappa shape index (κ3) is 8.26. The quantitative estimate of drug-likeness (QED) is 0.557. The van der Waals surface area contributed by atoms with Gasteiger partial charge >= 0.3 is 5.97 Å². The molecule has 9 nitrogen and oxygen atoms in total. The van der Waals surface area contributed by atoms with Crippen molar-refractivity contribution in [2.45, 2.75) is 13.5 Å². The van der Waals surface area contributed by atoms with Crippen molar-refractivity contribution in [1.82, 2.24) is 10.5 Å². The minimum Gasteiger partial charge on any atom is -0.455 e. The predicted octanol–water partition coefficient (Wildman–Crippen LogP) is 1.58. The van der Waals surface area contributed by atoms with E-state index in [0.717, 1.165) is 23.0 Å². The monoisotopic (exact) mass is 420 g/mol. The Morgan fingerprint density at radius 2 is 1.86 bits per heavy atom. The standard InChI is InChI=1S/C19H24N4O5S/c1-13-8-16(22-28-13)21-18(25)11-29-12-19(26)27-10-17(24)20-9-14-4-6-15(7-5-14)23(2)3/h4-8H,9-12H2,1-3H3,(H,20,24)(H,21,22,25). The zero-order valence-electron chi connectivity index (χ0n) is 16.6. The first kappa shape index (κ1) is 22.3. The van der Waals surface area contributed by atoms with Gasteiger partial charge in [0.15, 0.2) is 12.4 Å². The number of rotatable bonds is 10. The zero-order chi connectivity index (χ0) is 21.2. The molecule has 0 aliphatic rings. The van der Waals surface area contributed by atoms with Crippen LogP contribution in [0.15, 0.2) is 34.9 Å². The normalized spacial score (nSPS) is 10.3. The van der Waals surface area contributed by atoms with Crippen LogP contribution in [0.1, 0.15) is 11.3 Å². The average Bonchev–Trinajstić information content (AvgIpc) is 3.09. The van der Waals surface area contributed by atoms with Gasteiger partial charge in [-0.05, 0) is 24.6 Å². The SMILES string of the molecule is Cc1cc(NC(=O)CSCC(=O)OCC(=O)NCc2ccc(N(C)C)cc2)no1. The number of ether oxygens (including phenoxy) is 1. The van der Waals surface area contributed by atoms with Crippen molar-refractivity contribution in [3.8, 4) is 0 Å². The number of hydrogen-bond donors (Lipinski definition) is 2. The lowest BCUT2D eigenvalue weighted by Crippen LogP contribution is -2.28. The molecule has 156 valence electrons. The number of nitrogens with one attached hydrogen (secondary N) is 2. The van der Waals surface area contributed by atoms with Crippen LogP contribution in [0.3, 0.4) is 0 Å². The van der Waals surface area contributed by atoms with Crippen LogP contribution in [0.2, 0.25) is 0 Å². The van der Waals surface area contributed by atoms with Crippen LogP contribution in [0.4, 0.5) is 11.5 Å². The molecular formula is C19H24N4O5S. The number of esters is 1. The van der Waals surface area contributed by atoms with Gasteiger partial charge in [-0.25, -0.2) is 0 Å². The first-order chi connectivity index (χ1) is 13.8. The van der Waals surface area contributed by atoms with Crippen molar-refractivity contribution in [1.29, 1.82) is 0 Å². The summed E-state index contributed by atoms with van der Waals surface area (Å²) < 4.78 is 9.75. The van der Waals surface area contributed by atoms with Gasteiger partial charge in [-0.3, -0.25) is 14.4 Å². The van der Waals surface area contributed by atoms with Crippen molar-refractivity contribution in [3.05, 3.63) is 41.7 Å². The van der Waals surface area contributed by atoms with Crippen molar-refractivity contribution in [3.63, 3.8) is 0 Å². The molecule has 0 atom stereocenters. The predicted molar refractivity (Wildman–Crippen MR) is 111 cm³/mol. The van der Waals surface area contributed by atoms with E-state index in [9.17, 15) is 14.4 Å². The number of aryl methyl sites for hydroxylation is 1. The summed E-state index contributed by atoms with van der Waals surface area (Å²) in [6.45, 7) is 1.70. The molecule has 2 rings (SSSR count). The van der Waals surface area contributed by atoms with Crippen molar-refractivity contribution in [2.75, 3.05) is 42.4 Å². The van der Waals surface area contributed by atoms with Gasteiger partial charge in [0, 0.05) is 32.4 Å². The molecule has 2 N–H and O–H groups in total. The third-order valence-electron chi connectivity index (χ3n) is 3.66. The molecule has 0 radical (unpaired) electrons. The molecule has 0 bridgehead atoms. The molecule has 0 spiro atoms. The van der Waals surface area contributed by atoms with Gasteiger partial charge in [-0.2, -0.15) is 0 Å². The molecule has 0 aliphatic carbocycles. The topological polar surface area (TPSA) is 114 Å². The number of benzene rings is 1. The molecule has 1 aromatic heterocycles. The highest BCUT2D eigenvalue weighted by atomic mass is 32.2. The lowest BCUT2D eigenvalue weighted by Gasteiger charge is -2.13. The fraction of sp³-hybridized carbons (Fsp3) is 0.368. The Morgan fingerprint density at radius 3 is 2.48 bits per heavy atom. The van der Waals surface area contributed by atoms with Gasteiger partial charge < -0.3 is 24.8 Å². The van der Waals surface area contributed by atoms with Gasteiger partial charge in [-0.15, -0.1) is 11.8 Å². The number of aromatic nitrogens is 1. The van der Waals surface area contributed by atoms with Crippen LogP contribution in [0.5, 0.6) is 0 Å². The zero-order valence-corrected chi connectivity index (χ0v) is 17.4. The second kappa shape index (κ2) is 11.1. The van der Waals surface area contributed by atoms with Gasteiger partial charge in [-0.1, -0.05) is 17.3 Å². The van der Waals surface area contributed by atoms with Crippen LogP contribution in [0, 0.1) is 6.92 Å². The molecule has 0 aliphatic heterocycles. The minimum atomic E-state index is -0.564. The van der Waals surface area contributed by atoms with Gasteiger partial charge in [0.05, 0.1) is 11.5 Å². The highest BCUT2D eigenvalue weighted by Crippen LogP contribution is 2.12. The Labute approximate surface area is 173 Å². The van der Waals surface area contributed by atoms with Crippen molar-refractivity contribution >= 4 is 41.1 Å². The van der Waals surface area contributed by atoms with Gasteiger partial charge in [0.2, 0.25) is 5.91 Å². The van der Waals surface area contributed by atoms with Crippen molar-refractivity contribution < 1.29 is 23.6 Å². The van der Waals surface area contributed by atoms with Crippen LogP contribution in [-0.4, -0.2) is 55.1 Å². The van der Waals surface area contributed by atoms with Crippen LogP contribution >= 0.6 is 11.8 Å². The Hall–Kier alpha value is -3.01. The smallest absolute Gasteiger partial charge is 0.316 e. The molecule has 2 amide bonds. The summed E-state index contributed by atoms with van der Waals surface area (Å²) in [6.07, 6.45) is 0. The van der Waals surface area contributed by atoms with E-state index in [1.165, 1.54) is 0 Å². The molecule has 0 unspecified atom stereocenters. The fourth-order valence-corrected chi connectivity index (χ4v) is 2.79. The van der Waals surface area contributed by atoms with E-state index in [1.807, 2.05) is 43.3 Å². The molecule has 0 saturated heterocycles. The number of nitrogens with zero attached hydrogens (tertiary/aromatic N) is 2. The number of hydrogen-bond acceptors (Lipinski definition) is 8. The molecule has 2 aromatic rings.